The Labute approximate surface area is 110 Å². The van der Waals surface area contributed by atoms with Crippen LogP contribution in [-0.4, -0.2) is 17.4 Å². The Morgan fingerprint density at radius 1 is 1.56 bits per heavy atom. The summed E-state index contributed by atoms with van der Waals surface area (Å²) in [6.45, 7) is 1.97. The Hall–Kier alpha value is -1.88. The van der Waals surface area contributed by atoms with Gasteiger partial charge in [0.05, 0.1) is 4.92 Å². The fourth-order valence-corrected chi connectivity index (χ4v) is 1.49. The number of benzene rings is 1. The SMILES string of the molecule is CC(=O)NCCC=Cc1cc([N+](=O)[O-])ccc1Cl. The molecule has 0 aromatic heterocycles. The van der Waals surface area contributed by atoms with Crippen LogP contribution in [0.3, 0.4) is 0 Å². The van der Waals surface area contributed by atoms with Gasteiger partial charge in [-0.25, -0.2) is 0 Å². The topological polar surface area (TPSA) is 72.2 Å². The Balaban J connectivity index is 2.65. The number of nitrogens with zero attached hydrogens (tertiary/aromatic N) is 1. The van der Waals surface area contributed by atoms with Crippen molar-refractivity contribution >= 4 is 29.3 Å². The van der Waals surface area contributed by atoms with Gasteiger partial charge in [-0.1, -0.05) is 23.8 Å². The molecule has 0 aliphatic heterocycles. The second-order valence-electron chi connectivity index (χ2n) is 3.64. The number of hydrogen-bond acceptors (Lipinski definition) is 3. The molecule has 0 radical (unpaired) electrons. The molecule has 0 spiro atoms. The summed E-state index contributed by atoms with van der Waals surface area (Å²) in [5, 5.41) is 13.7. The number of carbonyl (C=O) groups excluding carboxylic acids is 1. The first-order valence-corrected chi connectivity index (χ1v) is 5.73. The first kappa shape index (κ1) is 14.2. The van der Waals surface area contributed by atoms with Crippen LogP contribution in [0.15, 0.2) is 24.3 Å². The van der Waals surface area contributed by atoms with Crippen LogP contribution in [-0.2, 0) is 4.79 Å². The van der Waals surface area contributed by atoms with Crippen LogP contribution in [0.4, 0.5) is 5.69 Å². The average molecular weight is 269 g/mol. The molecule has 1 aromatic carbocycles. The zero-order valence-electron chi connectivity index (χ0n) is 9.85. The summed E-state index contributed by atoms with van der Waals surface area (Å²) in [4.78, 5) is 20.8. The second kappa shape index (κ2) is 6.76. The number of hydrogen-bond donors (Lipinski definition) is 1. The molecule has 6 heteroatoms. The highest BCUT2D eigenvalue weighted by atomic mass is 35.5. The number of nitro benzene ring substituents is 1. The molecule has 0 heterocycles. The van der Waals surface area contributed by atoms with E-state index in [1.54, 1.807) is 12.2 Å². The van der Waals surface area contributed by atoms with Gasteiger partial charge in [0.15, 0.2) is 0 Å². The normalized spacial score (nSPS) is 10.6. The molecule has 0 atom stereocenters. The van der Waals surface area contributed by atoms with Crippen LogP contribution in [0.5, 0.6) is 0 Å². The predicted molar refractivity (Wildman–Crippen MR) is 70.4 cm³/mol. The van der Waals surface area contributed by atoms with Gasteiger partial charge in [0, 0.05) is 30.6 Å². The summed E-state index contributed by atoms with van der Waals surface area (Å²) in [7, 11) is 0. The molecule has 5 nitrogen and oxygen atoms in total. The molecule has 0 unspecified atom stereocenters. The molecule has 0 aliphatic carbocycles. The maximum atomic E-state index is 10.6. The summed E-state index contributed by atoms with van der Waals surface area (Å²) in [5.74, 6) is -0.0863. The Morgan fingerprint density at radius 3 is 2.89 bits per heavy atom. The zero-order chi connectivity index (χ0) is 13.5. The van der Waals surface area contributed by atoms with Crippen molar-refractivity contribution in [2.24, 2.45) is 0 Å². The molecule has 0 aliphatic rings. The van der Waals surface area contributed by atoms with Crippen LogP contribution in [0.2, 0.25) is 5.02 Å². The van der Waals surface area contributed by atoms with Crippen molar-refractivity contribution in [2.45, 2.75) is 13.3 Å². The third-order valence-electron chi connectivity index (χ3n) is 2.17. The summed E-state index contributed by atoms with van der Waals surface area (Å²) >= 11 is 5.92. The maximum absolute atomic E-state index is 10.6. The van der Waals surface area contributed by atoms with E-state index in [0.717, 1.165) is 0 Å². The molecule has 1 amide bonds. The number of nitrogens with one attached hydrogen (secondary N) is 1. The van der Waals surface area contributed by atoms with Crippen LogP contribution in [0.25, 0.3) is 6.08 Å². The van der Waals surface area contributed by atoms with Crippen molar-refractivity contribution in [1.82, 2.24) is 5.32 Å². The van der Waals surface area contributed by atoms with Gasteiger partial charge < -0.3 is 5.32 Å². The lowest BCUT2D eigenvalue weighted by atomic mass is 10.2. The van der Waals surface area contributed by atoms with E-state index < -0.39 is 4.92 Å². The molecule has 0 bridgehead atoms. The molecule has 1 N–H and O–H groups in total. The fraction of sp³-hybridized carbons (Fsp3) is 0.250. The number of rotatable bonds is 5. The molecule has 1 rings (SSSR count). The van der Waals surface area contributed by atoms with Crippen LogP contribution < -0.4 is 5.32 Å². The maximum Gasteiger partial charge on any atom is 0.270 e. The minimum Gasteiger partial charge on any atom is -0.356 e. The number of non-ortho nitro benzene ring substituents is 1. The molecule has 18 heavy (non-hydrogen) atoms. The number of carbonyl (C=O) groups is 1. The molecular formula is C12H13ClN2O3. The highest BCUT2D eigenvalue weighted by Gasteiger charge is 2.07. The smallest absolute Gasteiger partial charge is 0.270 e. The zero-order valence-corrected chi connectivity index (χ0v) is 10.6. The Morgan fingerprint density at radius 2 is 2.28 bits per heavy atom. The lowest BCUT2D eigenvalue weighted by molar-refractivity contribution is -0.384. The number of halogens is 1. The molecule has 0 saturated heterocycles. The monoisotopic (exact) mass is 268 g/mol. The molecule has 0 saturated carbocycles. The van der Waals surface area contributed by atoms with E-state index in [1.165, 1.54) is 25.1 Å². The highest BCUT2D eigenvalue weighted by molar-refractivity contribution is 6.32. The average Bonchev–Trinajstić information content (AvgIpc) is 2.30. The van der Waals surface area contributed by atoms with Crippen molar-refractivity contribution in [1.29, 1.82) is 0 Å². The van der Waals surface area contributed by atoms with Crippen LogP contribution >= 0.6 is 11.6 Å². The summed E-state index contributed by atoms with van der Waals surface area (Å²) in [6, 6.07) is 4.27. The van der Waals surface area contributed by atoms with E-state index in [4.69, 9.17) is 11.6 Å². The summed E-state index contributed by atoms with van der Waals surface area (Å²) in [5.41, 5.74) is 0.592. The van der Waals surface area contributed by atoms with Crippen molar-refractivity contribution in [3.05, 3.63) is 45.0 Å². The fourth-order valence-electron chi connectivity index (χ4n) is 1.31. The van der Waals surface area contributed by atoms with E-state index in [0.29, 0.717) is 23.6 Å². The summed E-state index contributed by atoms with van der Waals surface area (Å²) in [6.07, 6.45) is 4.15. The number of amides is 1. The highest BCUT2D eigenvalue weighted by Crippen LogP contribution is 2.23. The van der Waals surface area contributed by atoms with Gasteiger partial charge in [-0.05, 0) is 18.1 Å². The van der Waals surface area contributed by atoms with Gasteiger partial charge in [0.25, 0.3) is 5.69 Å². The largest absolute Gasteiger partial charge is 0.356 e. The minimum absolute atomic E-state index is 0.000843. The first-order valence-electron chi connectivity index (χ1n) is 5.35. The van der Waals surface area contributed by atoms with Gasteiger partial charge in [-0.15, -0.1) is 0 Å². The molecule has 96 valence electrons. The molecule has 0 fully saturated rings. The summed E-state index contributed by atoms with van der Waals surface area (Å²) < 4.78 is 0. The lowest BCUT2D eigenvalue weighted by Gasteiger charge is -1.99. The van der Waals surface area contributed by atoms with Gasteiger partial charge in [0.1, 0.15) is 0 Å². The van der Waals surface area contributed by atoms with E-state index in [-0.39, 0.29) is 11.6 Å². The van der Waals surface area contributed by atoms with E-state index >= 15 is 0 Å². The van der Waals surface area contributed by atoms with E-state index in [9.17, 15) is 14.9 Å². The van der Waals surface area contributed by atoms with Crippen molar-refractivity contribution < 1.29 is 9.72 Å². The Bertz CT molecular complexity index is 486. The first-order chi connectivity index (χ1) is 8.50. The van der Waals surface area contributed by atoms with Gasteiger partial charge in [-0.2, -0.15) is 0 Å². The van der Waals surface area contributed by atoms with Crippen LogP contribution in [0.1, 0.15) is 18.9 Å². The lowest BCUT2D eigenvalue weighted by Crippen LogP contribution is -2.20. The Kier molecular flexibility index (Phi) is 5.32. The predicted octanol–water partition coefficient (Wildman–Crippen LogP) is 2.79. The third-order valence-corrected chi connectivity index (χ3v) is 2.52. The van der Waals surface area contributed by atoms with Crippen molar-refractivity contribution in [2.75, 3.05) is 6.54 Å². The van der Waals surface area contributed by atoms with Crippen LogP contribution in [0, 0.1) is 10.1 Å². The number of nitro groups is 1. The van der Waals surface area contributed by atoms with E-state index in [2.05, 4.69) is 5.32 Å². The second-order valence-corrected chi connectivity index (χ2v) is 4.04. The van der Waals surface area contributed by atoms with Gasteiger partial charge in [0.2, 0.25) is 5.91 Å². The minimum atomic E-state index is -0.467. The van der Waals surface area contributed by atoms with Crippen molar-refractivity contribution in [3.8, 4) is 0 Å². The third kappa shape index (κ3) is 4.55. The molecule has 1 aromatic rings. The van der Waals surface area contributed by atoms with Crippen molar-refractivity contribution in [3.63, 3.8) is 0 Å². The standard InChI is InChI=1S/C12H13ClN2O3/c1-9(16)14-7-3-2-4-10-8-11(15(17)18)5-6-12(10)13/h2,4-6,8H,3,7H2,1H3,(H,14,16). The van der Waals surface area contributed by atoms with E-state index in [1.807, 2.05) is 0 Å². The quantitative estimate of drug-likeness (QED) is 0.507. The van der Waals surface area contributed by atoms with Gasteiger partial charge >= 0.3 is 0 Å². The molecular weight excluding hydrogens is 256 g/mol. The van der Waals surface area contributed by atoms with Gasteiger partial charge in [-0.3, -0.25) is 14.9 Å².